The summed E-state index contributed by atoms with van der Waals surface area (Å²) in [7, 11) is 0. The molecule has 1 atom stereocenters. The minimum absolute atomic E-state index is 0.0391. The molecule has 0 radical (unpaired) electrons. The van der Waals surface area contributed by atoms with Gasteiger partial charge in [-0.15, -0.1) is 11.3 Å². The molecule has 1 aliphatic rings. The summed E-state index contributed by atoms with van der Waals surface area (Å²) in [5.74, 6) is -3.10. The minimum atomic E-state index is -3.10. The lowest BCUT2D eigenvalue weighted by molar-refractivity contribution is -0.0826. The first-order chi connectivity index (χ1) is 10.1. The summed E-state index contributed by atoms with van der Waals surface area (Å²) in [5, 5.41) is 0. The van der Waals surface area contributed by atoms with Crippen molar-refractivity contribution in [3.63, 3.8) is 0 Å². The molecule has 1 aromatic heterocycles. The number of hydrogen-bond acceptors (Lipinski definition) is 4. The second-order valence-electron chi connectivity index (χ2n) is 6.16. The van der Waals surface area contributed by atoms with Crippen molar-refractivity contribution in [2.75, 3.05) is 19.7 Å². The van der Waals surface area contributed by atoms with Crippen LogP contribution in [-0.2, 0) is 9.47 Å². The van der Waals surface area contributed by atoms with Gasteiger partial charge in [0.2, 0.25) is 0 Å². The van der Waals surface area contributed by atoms with E-state index in [4.69, 9.17) is 9.47 Å². The van der Waals surface area contributed by atoms with Gasteiger partial charge in [0, 0.05) is 4.88 Å². The van der Waals surface area contributed by atoms with Crippen LogP contribution in [0.4, 0.5) is 13.6 Å². The minimum Gasteiger partial charge on any atom is -0.444 e. The van der Waals surface area contributed by atoms with E-state index in [0.29, 0.717) is 0 Å². The van der Waals surface area contributed by atoms with Gasteiger partial charge < -0.3 is 9.47 Å². The predicted molar refractivity (Wildman–Crippen MR) is 83.5 cm³/mol. The smallest absolute Gasteiger partial charge is 0.410 e. The predicted octanol–water partition coefficient (Wildman–Crippen LogP) is 4.45. The molecule has 0 N–H and O–H groups in total. The van der Waals surface area contributed by atoms with Crippen LogP contribution in [0.1, 0.15) is 31.8 Å². The second kappa shape index (κ2) is 6.41. The quantitative estimate of drug-likeness (QED) is 0.702. The third kappa shape index (κ3) is 4.89. The first-order valence-corrected chi connectivity index (χ1v) is 8.39. The molecule has 124 valence electrons. The maximum Gasteiger partial charge on any atom is 0.410 e. The Hall–Kier alpha value is -0.730. The van der Waals surface area contributed by atoms with Gasteiger partial charge in [-0.25, -0.2) is 13.6 Å². The Bertz CT molecular complexity index is 544. The highest BCUT2D eigenvalue weighted by atomic mass is 79.9. The molecule has 0 saturated carbocycles. The molecule has 0 bridgehead atoms. The molecular weight excluding hydrogens is 380 g/mol. The van der Waals surface area contributed by atoms with Gasteiger partial charge in [0.05, 0.1) is 16.9 Å². The molecule has 2 rings (SSSR count). The summed E-state index contributed by atoms with van der Waals surface area (Å²) < 4.78 is 39.0. The van der Waals surface area contributed by atoms with E-state index in [0.717, 1.165) is 13.6 Å². The van der Waals surface area contributed by atoms with Crippen LogP contribution in [-0.4, -0.2) is 42.2 Å². The SMILES string of the molecule is CC(C)(C)OC(=O)N1CC(c2ccc(Br)s2)OCC(F)(F)C1. The van der Waals surface area contributed by atoms with Crippen molar-refractivity contribution < 1.29 is 23.0 Å². The highest BCUT2D eigenvalue weighted by Gasteiger charge is 2.41. The van der Waals surface area contributed by atoms with Crippen molar-refractivity contribution in [1.82, 2.24) is 4.90 Å². The van der Waals surface area contributed by atoms with Crippen molar-refractivity contribution in [3.05, 3.63) is 20.8 Å². The summed E-state index contributed by atoms with van der Waals surface area (Å²) in [6.07, 6.45) is -1.34. The zero-order chi connectivity index (χ0) is 16.5. The van der Waals surface area contributed by atoms with Gasteiger partial charge in [0.1, 0.15) is 18.3 Å². The van der Waals surface area contributed by atoms with E-state index in [1.54, 1.807) is 26.8 Å². The van der Waals surface area contributed by atoms with Gasteiger partial charge in [0.25, 0.3) is 5.92 Å². The van der Waals surface area contributed by atoms with Crippen LogP contribution in [0.3, 0.4) is 0 Å². The van der Waals surface area contributed by atoms with Crippen molar-refractivity contribution in [3.8, 4) is 0 Å². The number of hydrogen-bond donors (Lipinski definition) is 0. The third-order valence-electron chi connectivity index (χ3n) is 2.87. The number of carbonyl (C=O) groups is 1. The van der Waals surface area contributed by atoms with E-state index in [-0.39, 0.29) is 6.54 Å². The number of amides is 1. The molecule has 1 fully saturated rings. The van der Waals surface area contributed by atoms with E-state index in [1.165, 1.54) is 11.3 Å². The van der Waals surface area contributed by atoms with Crippen LogP contribution in [0.5, 0.6) is 0 Å². The monoisotopic (exact) mass is 397 g/mol. The molecule has 8 heteroatoms. The summed E-state index contributed by atoms with van der Waals surface area (Å²) in [4.78, 5) is 14.0. The lowest BCUT2D eigenvalue weighted by atomic mass is 10.2. The van der Waals surface area contributed by atoms with E-state index in [9.17, 15) is 13.6 Å². The molecule has 0 aliphatic carbocycles. The van der Waals surface area contributed by atoms with Gasteiger partial charge in [-0.2, -0.15) is 0 Å². The molecule has 1 amide bonds. The molecule has 4 nitrogen and oxygen atoms in total. The first-order valence-electron chi connectivity index (χ1n) is 6.78. The zero-order valence-electron chi connectivity index (χ0n) is 12.6. The number of thiophene rings is 1. The van der Waals surface area contributed by atoms with E-state index in [1.807, 2.05) is 6.07 Å². The largest absolute Gasteiger partial charge is 0.444 e. The molecule has 0 spiro atoms. The topological polar surface area (TPSA) is 38.8 Å². The molecular formula is C14H18BrF2NO3S. The standard InChI is InChI=1S/C14H18BrF2NO3S/c1-13(2,3)21-12(19)18-6-9(10-4-5-11(15)22-10)20-8-14(16,17)7-18/h4-5,9H,6-8H2,1-3H3. The normalized spacial score (nSPS) is 22.3. The van der Waals surface area contributed by atoms with Gasteiger partial charge in [-0.1, -0.05) is 0 Å². The Balaban J connectivity index is 2.18. The summed E-state index contributed by atoms with van der Waals surface area (Å²) in [5.41, 5.74) is -0.735. The number of alkyl halides is 2. The first kappa shape index (κ1) is 17.6. The molecule has 2 heterocycles. The Labute approximate surface area is 140 Å². The van der Waals surface area contributed by atoms with Gasteiger partial charge in [0.15, 0.2) is 0 Å². The average Bonchev–Trinajstić information content (AvgIpc) is 2.69. The van der Waals surface area contributed by atoms with E-state index >= 15 is 0 Å². The maximum atomic E-state index is 13.8. The van der Waals surface area contributed by atoms with Crippen molar-refractivity contribution in [1.29, 1.82) is 0 Å². The fourth-order valence-electron chi connectivity index (χ4n) is 2.00. The third-order valence-corrected chi connectivity index (χ3v) is 4.58. The highest BCUT2D eigenvalue weighted by Crippen LogP contribution is 2.34. The summed E-state index contributed by atoms with van der Waals surface area (Å²) >= 11 is 4.73. The summed E-state index contributed by atoms with van der Waals surface area (Å²) in [6, 6.07) is 3.63. The van der Waals surface area contributed by atoms with Gasteiger partial charge in [-0.3, -0.25) is 4.90 Å². The Morgan fingerprint density at radius 1 is 1.50 bits per heavy atom. The Morgan fingerprint density at radius 3 is 2.73 bits per heavy atom. The van der Waals surface area contributed by atoms with Gasteiger partial charge in [-0.05, 0) is 48.8 Å². The lowest BCUT2D eigenvalue weighted by Crippen LogP contribution is -2.43. The van der Waals surface area contributed by atoms with Crippen molar-refractivity contribution >= 4 is 33.4 Å². The molecule has 22 heavy (non-hydrogen) atoms. The summed E-state index contributed by atoms with van der Waals surface area (Å²) in [6.45, 7) is 3.72. The van der Waals surface area contributed by atoms with E-state index < -0.39 is 36.9 Å². The van der Waals surface area contributed by atoms with Crippen LogP contribution in [0.25, 0.3) is 0 Å². The van der Waals surface area contributed by atoms with Crippen LogP contribution < -0.4 is 0 Å². The molecule has 0 aromatic carbocycles. The Morgan fingerprint density at radius 2 is 2.18 bits per heavy atom. The maximum absolute atomic E-state index is 13.8. The fraction of sp³-hybridized carbons (Fsp3) is 0.643. The molecule has 1 unspecified atom stereocenters. The highest BCUT2D eigenvalue weighted by molar-refractivity contribution is 9.11. The van der Waals surface area contributed by atoms with Crippen LogP contribution in [0, 0.1) is 0 Å². The van der Waals surface area contributed by atoms with Crippen LogP contribution >= 0.6 is 27.3 Å². The van der Waals surface area contributed by atoms with Gasteiger partial charge >= 0.3 is 6.09 Å². The number of rotatable bonds is 1. The van der Waals surface area contributed by atoms with Crippen molar-refractivity contribution in [2.24, 2.45) is 0 Å². The molecule has 1 aliphatic heterocycles. The second-order valence-corrected chi connectivity index (χ2v) is 8.65. The van der Waals surface area contributed by atoms with E-state index in [2.05, 4.69) is 15.9 Å². The van der Waals surface area contributed by atoms with Crippen molar-refractivity contribution in [2.45, 2.75) is 38.4 Å². The number of nitrogens with zero attached hydrogens (tertiary/aromatic N) is 1. The number of halogens is 3. The molecule has 1 saturated heterocycles. The zero-order valence-corrected chi connectivity index (χ0v) is 15.0. The molecule has 1 aromatic rings. The number of ether oxygens (including phenoxy) is 2. The number of carbonyl (C=O) groups excluding carboxylic acids is 1. The Kier molecular flexibility index (Phi) is 5.13. The average molecular weight is 398 g/mol. The van der Waals surface area contributed by atoms with Crippen LogP contribution in [0.2, 0.25) is 0 Å². The fourth-order valence-corrected chi connectivity index (χ4v) is 3.47. The lowest BCUT2D eigenvalue weighted by Gasteiger charge is -2.28. The van der Waals surface area contributed by atoms with Crippen LogP contribution in [0.15, 0.2) is 15.9 Å².